The largest absolute Gasteiger partial charge is 0.506 e. The molecule has 1 aromatic carbocycles. The summed E-state index contributed by atoms with van der Waals surface area (Å²) in [6, 6.07) is 9.38. The summed E-state index contributed by atoms with van der Waals surface area (Å²) in [5.41, 5.74) is 2.66. The summed E-state index contributed by atoms with van der Waals surface area (Å²) in [7, 11) is -4.04. The Kier molecular flexibility index (Phi) is 4.50. The molecule has 3 aromatic rings. The second-order valence-electron chi connectivity index (χ2n) is 6.71. The maximum Gasteiger partial charge on any atom is 0.286 e. The number of hydrogen-bond acceptors (Lipinski definition) is 7. The average Bonchev–Trinajstić information content (AvgIpc) is 2.70. The maximum absolute atomic E-state index is 13.3. The van der Waals surface area contributed by atoms with Crippen molar-refractivity contribution in [1.82, 2.24) is 9.66 Å². The van der Waals surface area contributed by atoms with Crippen LogP contribution in [0.3, 0.4) is 0 Å². The van der Waals surface area contributed by atoms with Crippen molar-refractivity contribution in [3.05, 3.63) is 58.5 Å². The van der Waals surface area contributed by atoms with Crippen LogP contribution in [0.4, 0.5) is 5.69 Å². The van der Waals surface area contributed by atoms with Crippen LogP contribution in [0, 0.1) is 0 Å². The van der Waals surface area contributed by atoms with E-state index in [1.54, 1.807) is 30.3 Å². The van der Waals surface area contributed by atoms with E-state index in [0.717, 1.165) is 6.42 Å². The van der Waals surface area contributed by atoms with E-state index in [9.17, 15) is 18.3 Å². The van der Waals surface area contributed by atoms with Gasteiger partial charge in [-0.25, -0.2) is 9.66 Å². The van der Waals surface area contributed by atoms with E-state index < -0.39 is 15.6 Å². The smallest absolute Gasteiger partial charge is 0.286 e. The molecule has 0 saturated heterocycles. The van der Waals surface area contributed by atoms with Crippen molar-refractivity contribution in [1.29, 1.82) is 0 Å². The molecule has 1 aliphatic rings. The van der Waals surface area contributed by atoms with Gasteiger partial charge in [0.1, 0.15) is 16.2 Å². The minimum absolute atomic E-state index is 0.00347. The number of para-hydroxylation sites is 1. The number of fused-ring (bicyclic) bond motifs is 2. The van der Waals surface area contributed by atoms with E-state index in [1.807, 2.05) is 13.8 Å². The summed E-state index contributed by atoms with van der Waals surface area (Å²) in [5, 5.41) is 14.0. The first-order chi connectivity index (χ1) is 13.8. The lowest BCUT2D eigenvalue weighted by molar-refractivity contribution is 0.477. The second-order valence-corrected chi connectivity index (χ2v) is 8.29. The predicted octanol–water partition coefficient (Wildman–Crippen LogP) is 2.01. The summed E-state index contributed by atoms with van der Waals surface area (Å²) in [6.07, 6.45) is 2.24. The Bertz CT molecular complexity index is 1310. The Morgan fingerprint density at radius 3 is 2.76 bits per heavy atom. The van der Waals surface area contributed by atoms with E-state index in [2.05, 4.69) is 20.1 Å². The molecule has 4 rings (SSSR count). The van der Waals surface area contributed by atoms with Crippen LogP contribution in [0.15, 0.2) is 56.7 Å². The van der Waals surface area contributed by atoms with Crippen LogP contribution in [-0.2, 0) is 10.0 Å². The lowest BCUT2D eigenvalue weighted by Gasteiger charge is -2.22. The zero-order chi connectivity index (χ0) is 20.8. The fraction of sp³-hybridized carbons (Fsp3) is 0.211. The normalized spacial score (nSPS) is 15.9. The molecule has 0 aliphatic carbocycles. The Morgan fingerprint density at radius 2 is 2.00 bits per heavy atom. The van der Waals surface area contributed by atoms with Gasteiger partial charge in [-0.15, -0.1) is 4.40 Å². The number of aromatic nitrogens is 2. The van der Waals surface area contributed by atoms with E-state index in [1.165, 1.54) is 16.9 Å². The first-order valence-corrected chi connectivity index (χ1v) is 10.5. The topological polar surface area (TPSA) is 126 Å². The van der Waals surface area contributed by atoms with E-state index >= 15 is 0 Å². The van der Waals surface area contributed by atoms with Crippen molar-refractivity contribution in [2.75, 3.05) is 10.7 Å². The summed E-state index contributed by atoms with van der Waals surface area (Å²) in [4.78, 5) is 17.5. The highest BCUT2D eigenvalue weighted by molar-refractivity contribution is 7.90. The highest BCUT2D eigenvalue weighted by Crippen LogP contribution is 2.31. The lowest BCUT2D eigenvalue weighted by atomic mass is 10.1. The molecular formula is C19H19N5O4S. The molecule has 0 spiro atoms. The molecule has 0 saturated carbocycles. The number of sulfonamides is 1. The van der Waals surface area contributed by atoms with Crippen LogP contribution in [0.1, 0.15) is 25.8 Å². The number of nitrogens with one attached hydrogen (secondary N) is 2. The molecule has 150 valence electrons. The summed E-state index contributed by atoms with van der Waals surface area (Å²) in [5.74, 6) is -0.627. The number of hydrogen-bond donors (Lipinski definition) is 3. The van der Waals surface area contributed by atoms with Gasteiger partial charge in [-0.1, -0.05) is 19.1 Å². The van der Waals surface area contributed by atoms with Crippen LogP contribution in [0.2, 0.25) is 0 Å². The number of anilines is 1. The van der Waals surface area contributed by atoms with E-state index in [-0.39, 0.29) is 39.4 Å². The summed E-state index contributed by atoms with van der Waals surface area (Å²) < 4.78 is 30.2. The van der Waals surface area contributed by atoms with Gasteiger partial charge in [0.25, 0.3) is 15.6 Å². The van der Waals surface area contributed by atoms with Crippen molar-refractivity contribution < 1.29 is 13.5 Å². The van der Waals surface area contributed by atoms with Crippen LogP contribution in [-0.4, -0.2) is 35.1 Å². The molecule has 1 atom stereocenters. The lowest BCUT2D eigenvalue weighted by Crippen LogP contribution is -2.39. The Morgan fingerprint density at radius 1 is 1.24 bits per heavy atom. The zero-order valence-corrected chi connectivity index (χ0v) is 16.6. The van der Waals surface area contributed by atoms with Crippen LogP contribution in [0.25, 0.3) is 11.0 Å². The number of nitrogens with zero attached hydrogens (tertiary/aromatic N) is 3. The van der Waals surface area contributed by atoms with Crippen molar-refractivity contribution in [2.45, 2.75) is 31.2 Å². The molecule has 3 N–H and O–H groups in total. The van der Waals surface area contributed by atoms with Crippen LogP contribution in [0.5, 0.6) is 5.75 Å². The molecule has 0 bridgehead atoms. The van der Waals surface area contributed by atoms with Gasteiger partial charge in [0, 0.05) is 12.2 Å². The number of benzene rings is 1. The SMILES string of the molecule is CCC(C)Nn1c(=O)c(C2=NS(=O)(=O)c3ccccc3N2)c(O)c2cccnc21. The van der Waals surface area contributed by atoms with Gasteiger partial charge in [-0.2, -0.15) is 8.42 Å². The van der Waals surface area contributed by atoms with Crippen molar-refractivity contribution in [3.8, 4) is 5.75 Å². The van der Waals surface area contributed by atoms with E-state index in [4.69, 9.17) is 0 Å². The zero-order valence-electron chi connectivity index (χ0n) is 15.7. The van der Waals surface area contributed by atoms with Gasteiger partial charge < -0.3 is 15.8 Å². The second kappa shape index (κ2) is 6.89. The van der Waals surface area contributed by atoms with Crippen molar-refractivity contribution in [2.24, 2.45) is 4.40 Å². The quantitative estimate of drug-likeness (QED) is 0.597. The fourth-order valence-electron chi connectivity index (χ4n) is 3.07. The molecule has 29 heavy (non-hydrogen) atoms. The van der Waals surface area contributed by atoms with Gasteiger partial charge in [0.15, 0.2) is 11.5 Å². The van der Waals surface area contributed by atoms with Crippen LogP contribution >= 0.6 is 0 Å². The third-order valence-corrected chi connectivity index (χ3v) is 6.07. The Hall–Kier alpha value is -3.40. The van der Waals surface area contributed by atoms with Gasteiger partial charge in [-0.05, 0) is 37.6 Å². The van der Waals surface area contributed by atoms with Gasteiger partial charge in [0.05, 0.1) is 11.1 Å². The monoisotopic (exact) mass is 413 g/mol. The third-order valence-electron chi connectivity index (χ3n) is 4.74. The van der Waals surface area contributed by atoms with Gasteiger partial charge >= 0.3 is 0 Å². The molecule has 3 heterocycles. The predicted molar refractivity (Wildman–Crippen MR) is 111 cm³/mol. The molecule has 2 aromatic heterocycles. The fourth-order valence-corrected chi connectivity index (χ4v) is 4.19. The Balaban J connectivity index is 2.00. The molecule has 0 fully saturated rings. The first kappa shape index (κ1) is 18.9. The minimum atomic E-state index is -4.04. The average molecular weight is 413 g/mol. The number of aromatic hydroxyl groups is 1. The first-order valence-electron chi connectivity index (χ1n) is 9.04. The molecule has 1 aliphatic heterocycles. The summed E-state index contributed by atoms with van der Waals surface area (Å²) >= 11 is 0. The highest BCUT2D eigenvalue weighted by atomic mass is 32.2. The third kappa shape index (κ3) is 3.11. The highest BCUT2D eigenvalue weighted by Gasteiger charge is 2.30. The molecular weight excluding hydrogens is 394 g/mol. The minimum Gasteiger partial charge on any atom is -0.506 e. The molecule has 0 amide bonds. The Labute approximate surface area is 166 Å². The van der Waals surface area contributed by atoms with Crippen LogP contribution < -0.4 is 16.3 Å². The standard InChI is InChI=1S/C19H19N5O4S/c1-3-11(2)22-24-18-12(7-6-10-20-18)16(25)15(19(24)26)17-21-13-8-4-5-9-14(13)29(27,28)23-17/h4-11,22,25H,3H2,1-2H3,(H,21,23). The van der Waals surface area contributed by atoms with Gasteiger partial charge in [0.2, 0.25) is 0 Å². The summed E-state index contributed by atoms with van der Waals surface area (Å²) in [6.45, 7) is 3.85. The van der Waals surface area contributed by atoms with Gasteiger partial charge in [-0.3, -0.25) is 4.79 Å². The number of pyridine rings is 2. The van der Waals surface area contributed by atoms with Crippen molar-refractivity contribution in [3.63, 3.8) is 0 Å². The number of rotatable bonds is 4. The molecule has 1 unspecified atom stereocenters. The number of amidine groups is 1. The van der Waals surface area contributed by atoms with E-state index in [0.29, 0.717) is 5.39 Å². The molecule has 0 radical (unpaired) electrons. The maximum atomic E-state index is 13.3. The molecule has 10 heteroatoms. The molecule has 9 nitrogen and oxygen atoms in total. The van der Waals surface area contributed by atoms with Crippen molar-refractivity contribution >= 4 is 32.6 Å².